The summed E-state index contributed by atoms with van der Waals surface area (Å²) in [5, 5.41) is 13.3. The van der Waals surface area contributed by atoms with Crippen molar-refractivity contribution >= 4 is 28.6 Å². The number of rotatable bonds is 5. The lowest BCUT2D eigenvalue weighted by molar-refractivity contribution is 0.0697. The fraction of sp³-hybridized carbons (Fsp3) is 0.407. The van der Waals surface area contributed by atoms with Gasteiger partial charge in [0.2, 0.25) is 0 Å². The summed E-state index contributed by atoms with van der Waals surface area (Å²) < 4.78 is 16.5. The van der Waals surface area contributed by atoms with Gasteiger partial charge in [-0.3, -0.25) is 9.80 Å². The van der Waals surface area contributed by atoms with Crippen molar-refractivity contribution in [3.63, 3.8) is 0 Å². The van der Waals surface area contributed by atoms with E-state index in [4.69, 9.17) is 5.11 Å². The molecule has 2 aliphatic rings. The van der Waals surface area contributed by atoms with Crippen molar-refractivity contribution in [1.82, 2.24) is 14.8 Å². The SMILES string of the molecule is Cc1cc(F)cc2c(CN3CCC4(CC3)CN(c3ccc(C(=O)O)cc3)C(=O)N4)cn(C(C)C)c12. The Morgan fingerprint density at radius 1 is 1.17 bits per heavy atom. The third-order valence-corrected chi connectivity index (χ3v) is 7.43. The number of aromatic nitrogens is 1. The summed E-state index contributed by atoms with van der Waals surface area (Å²) in [4.78, 5) is 28.0. The Labute approximate surface area is 204 Å². The normalized spacial score (nSPS) is 18.1. The first kappa shape index (κ1) is 23.4. The average Bonchev–Trinajstić information content (AvgIpc) is 3.33. The molecule has 2 amide bonds. The van der Waals surface area contributed by atoms with E-state index in [2.05, 4.69) is 34.8 Å². The second-order valence-electron chi connectivity index (χ2n) is 10.2. The maximum atomic E-state index is 14.2. The maximum absolute atomic E-state index is 14.2. The fourth-order valence-corrected chi connectivity index (χ4v) is 5.52. The van der Waals surface area contributed by atoms with Crippen LogP contribution in [0, 0.1) is 12.7 Å². The smallest absolute Gasteiger partial charge is 0.335 e. The van der Waals surface area contributed by atoms with Crippen molar-refractivity contribution in [2.24, 2.45) is 0 Å². The number of urea groups is 1. The van der Waals surface area contributed by atoms with Crippen LogP contribution in [0.2, 0.25) is 0 Å². The highest BCUT2D eigenvalue weighted by atomic mass is 19.1. The van der Waals surface area contributed by atoms with Gasteiger partial charge in [-0.05, 0) is 81.1 Å². The zero-order chi connectivity index (χ0) is 24.9. The van der Waals surface area contributed by atoms with E-state index in [1.165, 1.54) is 12.1 Å². The van der Waals surface area contributed by atoms with Crippen molar-refractivity contribution in [2.75, 3.05) is 24.5 Å². The molecule has 2 aromatic carbocycles. The molecule has 0 aliphatic carbocycles. The summed E-state index contributed by atoms with van der Waals surface area (Å²) in [6, 6.07) is 9.79. The Morgan fingerprint density at radius 2 is 1.86 bits per heavy atom. The van der Waals surface area contributed by atoms with Gasteiger partial charge in [0.15, 0.2) is 0 Å². The molecule has 3 aromatic rings. The Morgan fingerprint density at radius 3 is 2.49 bits per heavy atom. The van der Waals surface area contributed by atoms with Gasteiger partial charge in [-0.15, -0.1) is 0 Å². The standard InChI is InChI=1S/C27H31FN4O3/c1-17(2)31-15-20(23-13-21(28)12-18(3)24(23)31)14-30-10-8-27(9-11-30)16-32(26(35)29-27)22-6-4-19(5-7-22)25(33)34/h4-7,12-13,15,17H,8-11,14,16H2,1-3H3,(H,29,35)(H,33,34). The lowest BCUT2D eigenvalue weighted by Crippen LogP contribution is -2.52. The largest absolute Gasteiger partial charge is 0.478 e. The molecule has 0 bridgehead atoms. The molecule has 1 aromatic heterocycles. The number of aromatic carboxylic acids is 1. The average molecular weight is 479 g/mol. The van der Waals surface area contributed by atoms with Crippen LogP contribution in [0.4, 0.5) is 14.9 Å². The Bertz CT molecular complexity index is 1290. The topological polar surface area (TPSA) is 77.8 Å². The second-order valence-corrected chi connectivity index (χ2v) is 10.2. The number of likely N-dealkylation sites (tertiary alicyclic amines) is 1. The summed E-state index contributed by atoms with van der Waals surface area (Å²) in [7, 11) is 0. The molecular weight excluding hydrogens is 447 g/mol. The molecule has 2 aliphatic heterocycles. The fourth-order valence-electron chi connectivity index (χ4n) is 5.52. The van der Waals surface area contributed by atoms with Gasteiger partial charge >= 0.3 is 12.0 Å². The number of hydrogen-bond donors (Lipinski definition) is 2. The minimum Gasteiger partial charge on any atom is -0.478 e. The van der Waals surface area contributed by atoms with Gasteiger partial charge in [0, 0.05) is 42.9 Å². The lowest BCUT2D eigenvalue weighted by Gasteiger charge is -2.38. The van der Waals surface area contributed by atoms with E-state index in [0.717, 1.165) is 54.5 Å². The van der Waals surface area contributed by atoms with Crippen LogP contribution in [0.5, 0.6) is 0 Å². The van der Waals surface area contributed by atoms with Crippen LogP contribution in [0.25, 0.3) is 10.9 Å². The molecule has 7 nitrogen and oxygen atoms in total. The molecule has 35 heavy (non-hydrogen) atoms. The number of piperidine rings is 1. The van der Waals surface area contributed by atoms with E-state index < -0.39 is 5.97 Å². The Kier molecular flexibility index (Phi) is 5.79. The Hall–Kier alpha value is -3.39. The number of benzene rings is 2. The molecule has 184 valence electrons. The van der Waals surface area contributed by atoms with E-state index in [-0.39, 0.29) is 29.0 Å². The minimum atomic E-state index is -0.985. The summed E-state index contributed by atoms with van der Waals surface area (Å²) in [5.74, 6) is -1.19. The van der Waals surface area contributed by atoms with E-state index >= 15 is 0 Å². The van der Waals surface area contributed by atoms with Crippen molar-refractivity contribution < 1.29 is 19.1 Å². The maximum Gasteiger partial charge on any atom is 0.335 e. The monoisotopic (exact) mass is 478 g/mol. The first-order valence-electron chi connectivity index (χ1n) is 12.1. The zero-order valence-electron chi connectivity index (χ0n) is 20.3. The second kappa shape index (κ2) is 8.68. The van der Waals surface area contributed by atoms with Gasteiger partial charge in [0.05, 0.1) is 23.2 Å². The number of nitrogens with one attached hydrogen (secondary N) is 1. The molecule has 2 fully saturated rings. The van der Waals surface area contributed by atoms with Crippen LogP contribution in [-0.4, -0.2) is 51.7 Å². The molecule has 0 atom stereocenters. The van der Waals surface area contributed by atoms with Crippen LogP contribution in [0.1, 0.15) is 54.2 Å². The number of aryl methyl sites for hydroxylation is 1. The highest BCUT2D eigenvalue weighted by molar-refractivity contribution is 5.96. The number of hydrogen-bond acceptors (Lipinski definition) is 3. The lowest BCUT2D eigenvalue weighted by atomic mass is 9.88. The van der Waals surface area contributed by atoms with E-state index in [9.17, 15) is 14.0 Å². The predicted molar refractivity (Wildman–Crippen MR) is 134 cm³/mol. The van der Waals surface area contributed by atoms with Crippen molar-refractivity contribution in [3.8, 4) is 0 Å². The van der Waals surface area contributed by atoms with Crippen LogP contribution in [0.3, 0.4) is 0 Å². The Balaban J connectivity index is 1.29. The van der Waals surface area contributed by atoms with Crippen LogP contribution < -0.4 is 10.2 Å². The summed E-state index contributed by atoms with van der Waals surface area (Å²) in [5.41, 5.74) is 3.77. The number of carbonyl (C=O) groups is 2. The molecule has 8 heteroatoms. The number of carbonyl (C=O) groups excluding carboxylic acids is 1. The van der Waals surface area contributed by atoms with Crippen molar-refractivity contribution in [2.45, 2.75) is 51.7 Å². The number of carboxylic acids is 1. The third-order valence-electron chi connectivity index (χ3n) is 7.43. The van der Waals surface area contributed by atoms with E-state index in [1.807, 2.05) is 6.92 Å². The van der Waals surface area contributed by atoms with E-state index in [0.29, 0.717) is 12.2 Å². The summed E-state index contributed by atoms with van der Waals surface area (Å²) >= 11 is 0. The predicted octanol–water partition coefficient (Wildman–Crippen LogP) is 4.93. The number of halogens is 1. The highest BCUT2D eigenvalue weighted by Crippen LogP contribution is 2.34. The molecule has 2 N–H and O–H groups in total. The van der Waals surface area contributed by atoms with Crippen LogP contribution in [-0.2, 0) is 6.54 Å². The first-order chi connectivity index (χ1) is 16.7. The number of carboxylic acid groups (broad SMARTS) is 1. The molecule has 0 unspecified atom stereocenters. The third kappa shape index (κ3) is 4.27. The number of amides is 2. The molecule has 2 saturated heterocycles. The quantitative estimate of drug-likeness (QED) is 0.545. The highest BCUT2D eigenvalue weighted by Gasteiger charge is 2.44. The van der Waals surface area contributed by atoms with Gasteiger partial charge < -0.3 is 15.0 Å². The molecule has 5 rings (SSSR count). The number of fused-ring (bicyclic) bond motifs is 1. The molecule has 1 spiro atoms. The molecule has 0 saturated carbocycles. The van der Waals surface area contributed by atoms with Gasteiger partial charge in [0.1, 0.15) is 5.82 Å². The van der Waals surface area contributed by atoms with Crippen molar-refractivity contribution in [3.05, 3.63) is 65.1 Å². The zero-order valence-corrected chi connectivity index (χ0v) is 20.3. The number of anilines is 1. The summed E-state index contributed by atoms with van der Waals surface area (Å²) in [6.07, 6.45) is 3.79. The van der Waals surface area contributed by atoms with Crippen LogP contribution in [0.15, 0.2) is 42.6 Å². The van der Waals surface area contributed by atoms with Gasteiger partial charge in [0.25, 0.3) is 0 Å². The first-order valence-corrected chi connectivity index (χ1v) is 12.1. The summed E-state index contributed by atoms with van der Waals surface area (Å²) in [6.45, 7) is 9.19. The molecule has 0 radical (unpaired) electrons. The molecule has 3 heterocycles. The van der Waals surface area contributed by atoms with Crippen LogP contribution >= 0.6 is 0 Å². The van der Waals surface area contributed by atoms with Crippen molar-refractivity contribution in [1.29, 1.82) is 0 Å². The van der Waals surface area contributed by atoms with Gasteiger partial charge in [-0.25, -0.2) is 14.0 Å². The van der Waals surface area contributed by atoms with Gasteiger partial charge in [-0.1, -0.05) is 0 Å². The van der Waals surface area contributed by atoms with Gasteiger partial charge in [-0.2, -0.15) is 0 Å². The molecular formula is C27H31FN4O3. The number of nitrogens with zero attached hydrogens (tertiary/aromatic N) is 3. The minimum absolute atomic E-state index is 0.146. The van der Waals surface area contributed by atoms with E-state index in [1.54, 1.807) is 29.2 Å².